The average Bonchev–Trinajstić information content (AvgIpc) is 2.34. The van der Waals surface area contributed by atoms with E-state index in [1.807, 2.05) is 19.0 Å². The minimum absolute atomic E-state index is 0.103. The second-order valence-electron chi connectivity index (χ2n) is 4.19. The summed E-state index contributed by atoms with van der Waals surface area (Å²) in [4.78, 5) is 23.0. The van der Waals surface area contributed by atoms with E-state index in [9.17, 15) is 4.79 Å². The maximum Gasteiger partial charge on any atom is 0.316 e. The van der Waals surface area contributed by atoms with Gasteiger partial charge >= 0.3 is 6.03 Å². The van der Waals surface area contributed by atoms with Crippen LogP contribution in [0, 0.1) is 0 Å². The first-order valence-electron chi connectivity index (χ1n) is 5.70. The molecule has 18 heavy (non-hydrogen) atoms. The van der Waals surface area contributed by atoms with E-state index in [0.29, 0.717) is 19.0 Å². The zero-order valence-corrected chi connectivity index (χ0v) is 11.3. The van der Waals surface area contributed by atoms with Crippen LogP contribution in [0.15, 0.2) is 12.3 Å². The van der Waals surface area contributed by atoms with E-state index in [0.717, 1.165) is 5.82 Å². The minimum atomic E-state index is -0.103. The van der Waals surface area contributed by atoms with E-state index in [2.05, 4.69) is 20.6 Å². The number of amides is 2. The van der Waals surface area contributed by atoms with Gasteiger partial charge in [0.1, 0.15) is 5.82 Å². The van der Waals surface area contributed by atoms with Gasteiger partial charge in [-0.3, -0.25) is 0 Å². The average molecular weight is 252 g/mol. The predicted molar refractivity (Wildman–Crippen MR) is 71.9 cm³/mol. The van der Waals surface area contributed by atoms with Crippen molar-refractivity contribution in [3.8, 4) is 0 Å². The van der Waals surface area contributed by atoms with Crippen LogP contribution in [0.5, 0.6) is 0 Å². The Bertz CT molecular complexity index is 393. The fourth-order valence-corrected chi connectivity index (χ4v) is 1.18. The highest BCUT2D eigenvalue weighted by molar-refractivity contribution is 5.73. The summed E-state index contributed by atoms with van der Waals surface area (Å²) in [6, 6.07) is 1.69. The molecule has 0 saturated carbocycles. The zero-order chi connectivity index (χ0) is 13.5. The summed E-state index contributed by atoms with van der Waals surface area (Å²) < 4.78 is 0. The Kier molecular flexibility index (Phi) is 5.16. The molecule has 0 aromatic carbocycles. The number of nitrogens with one attached hydrogen (secondary N) is 2. The molecular formula is C11H20N6O. The van der Waals surface area contributed by atoms with E-state index in [-0.39, 0.29) is 6.03 Å². The van der Waals surface area contributed by atoms with Crippen LogP contribution < -0.4 is 15.5 Å². The van der Waals surface area contributed by atoms with Gasteiger partial charge in [0, 0.05) is 47.5 Å². The second-order valence-corrected chi connectivity index (χ2v) is 4.19. The van der Waals surface area contributed by atoms with Crippen LogP contribution in [-0.4, -0.2) is 62.2 Å². The number of nitrogens with zero attached hydrogens (tertiary/aromatic N) is 4. The maximum absolute atomic E-state index is 11.3. The smallest absolute Gasteiger partial charge is 0.316 e. The van der Waals surface area contributed by atoms with Crippen molar-refractivity contribution >= 4 is 17.8 Å². The van der Waals surface area contributed by atoms with Crippen LogP contribution in [0.25, 0.3) is 0 Å². The van der Waals surface area contributed by atoms with Gasteiger partial charge in [0.15, 0.2) is 0 Å². The Morgan fingerprint density at radius 3 is 2.61 bits per heavy atom. The van der Waals surface area contributed by atoms with E-state index in [4.69, 9.17) is 0 Å². The molecule has 7 nitrogen and oxygen atoms in total. The quantitative estimate of drug-likeness (QED) is 0.734. The molecule has 0 saturated heterocycles. The lowest BCUT2D eigenvalue weighted by Gasteiger charge is -2.13. The largest absolute Gasteiger partial charge is 0.368 e. The Morgan fingerprint density at radius 1 is 1.28 bits per heavy atom. The van der Waals surface area contributed by atoms with Gasteiger partial charge in [0.05, 0.1) is 0 Å². The van der Waals surface area contributed by atoms with Crippen LogP contribution in [-0.2, 0) is 0 Å². The van der Waals surface area contributed by atoms with E-state index < -0.39 is 0 Å². The van der Waals surface area contributed by atoms with Gasteiger partial charge in [-0.15, -0.1) is 0 Å². The molecule has 1 aromatic rings. The van der Waals surface area contributed by atoms with Crippen molar-refractivity contribution in [2.75, 3.05) is 51.5 Å². The highest BCUT2D eigenvalue weighted by Crippen LogP contribution is 2.06. The summed E-state index contributed by atoms with van der Waals surface area (Å²) in [7, 11) is 7.18. The monoisotopic (exact) mass is 252 g/mol. The first-order valence-corrected chi connectivity index (χ1v) is 5.70. The number of carbonyl (C=O) groups is 1. The second kappa shape index (κ2) is 6.63. The fraction of sp³-hybridized carbons (Fsp3) is 0.545. The molecule has 1 heterocycles. The SMILES string of the molecule is CN(C)C(=O)NCCNc1ccnc(N(C)C)n1. The Morgan fingerprint density at radius 2 is 2.00 bits per heavy atom. The molecular weight excluding hydrogens is 232 g/mol. The third-order valence-electron chi connectivity index (χ3n) is 2.16. The van der Waals surface area contributed by atoms with Gasteiger partial charge in [-0.2, -0.15) is 4.98 Å². The third kappa shape index (κ3) is 4.44. The van der Waals surface area contributed by atoms with Crippen molar-refractivity contribution in [2.24, 2.45) is 0 Å². The molecule has 1 rings (SSSR count). The summed E-state index contributed by atoms with van der Waals surface area (Å²) in [5, 5.41) is 5.88. The first kappa shape index (κ1) is 14.0. The summed E-state index contributed by atoms with van der Waals surface area (Å²) >= 11 is 0. The lowest BCUT2D eigenvalue weighted by Crippen LogP contribution is -2.37. The molecule has 0 radical (unpaired) electrons. The minimum Gasteiger partial charge on any atom is -0.368 e. The number of urea groups is 1. The van der Waals surface area contributed by atoms with E-state index in [1.54, 1.807) is 26.4 Å². The number of carbonyl (C=O) groups excluding carboxylic acids is 1. The molecule has 0 spiro atoms. The zero-order valence-electron chi connectivity index (χ0n) is 11.3. The maximum atomic E-state index is 11.3. The number of rotatable bonds is 5. The lowest BCUT2D eigenvalue weighted by molar-refractivity contribution is 0.218. The van der Waals surface area contributed by atoms with Gasteiger partial charge in [0.25, 0.3) is 0 Å². The van der Waals surface area contributed by atoms with Gasteiger partial charge < -0.3 is 20.4 Å². The summed E-state index contributed by atoms with van der Waals surface area (Å²) in [6.45, 7) is 1.15. The normalized spacial score (nSPS) is 9.78. The van der Waals surface area contributed by atoms with Gasteiger partial charge in [-0.25, -0.2) is 9.78 Å². The highest BCUT2D eigenvalue weighted by Gasteiger charge is 2.02. The van der Waals surface area contributed by atoms with Crippen LogP contribution in [0.2, 0.25) is 0 Å². The van der Waals surface area contributed by atoms with Crippen molar-refractivity contribution in [3.05, 3.63) is 12.3 Å². The molecule has 0 unspecified atom stereocenters. The van der Waals surface area contributed by atoms with Crippen LogP contribution >= 0.6 is 0 Å². The molecule has 100 valence electrons. The predicted octanol–water partition coefficient (Wildman–Crippen LogP) is 0.226. The third-order valence-corrected chi connectivity index (χ3v) is 2.16. The molecule has 7 heteroatoms. The van der Waals surface area contributed by atoms with Gasteiger partial charge in [-0.05, 0) is 6.07 Å². The van der Waals surface area contributed by atoms with Gasteiger partial charge in [-0.1, -0.05) is 0 Å². The number of hydrogen-bond acceptors (Lipinski definition) is 5. The first-order chi connectivity index (χ1) is 8.50. The van der Waals surface area contributed by atoms with Crippen LogP contribution in [0.1, 0.15) is 0 Å². The van der Waals surface area contributed by atoms with E-state index >= 15 is 0 Å². The Hall–Kier alpha value is -2.05. The summed E-state index contributed by atoms with van der Waals surface area (Å²) in [5.41, 5.74) is 0. The van der Waals surface area contributed by atoms with Crippen molar-refractivity contribution in [1.82, 2.24) is 20.2 Å². The number of hydrogen-bond donors (Lipinski definition) is 2. The van der Waals surface area contributed by atoms with Crippen molar-refractivity contribution in [3.63, 3.8) is 0 Å². The number of anilines is 2. The topological polar surface area (TPSA) is 73.4 Å². The number of aromatic nitrogens is 2. The Balaban J connectivity index is 2.35. The molecule has 0 atom stereocenters. The van der Waals surface area contributed by atoms with Crippen LogP contribution in [0.3, 0.4) is 0 Å². The van der Waals surface area contributed by atoms with Crippen molar-refractivity contribution in [2.45, 2.75) is 0 Å². The standard InChI is InChI=1S/C11H20N6O/c1-16(2)10-13-6-5-9(15-10)12-7-8-14-11(18)17(3)4/h5-6H,7-8H2,1-4H3,(H,14,18)(H,12,13,15). The summed E-state index contributed by atoms with van der Waals surface area (Å²) in [6.07, 6.45) is 1.70. The highest BCUT2D eigenvalue weighted by atomic mass is 16.2. The van der Waals surface area contributed by atoms with Gasteiger partial charge in [0.2, 0.25) is 5.95 Å². The molecule has 0 aliphatic rings. The summed E-state index contributed by atoms with van der Waals surface area (Å²) in [5.74, 6) is 1.39. The Labute approximate surface area is 107 Å². The fourth-order valence-electron chi connectivity index (χ4n) is 1.18. The molecule has 2 amide bonds. The molecule has 0 aliphatic heterocycles. The molecule has 0 fully saturated rings. The molecule has 0 aliphatic carbocycles. The van der Waals surface area contributed by atoms with Crippen molar-refractivity contribution < 1.29 is 4.79 Å². The van der Waals surface area contributed by atoms with E-state index in [1.165, 1.54) is 4.90 Å². The van der Waals surface area contributed by atoms with Crippen molar-refractivity contribution in [1.29, 1.82) is 0 Å². The lowest BCUT2D eigenvalue weighted by atomic mass is 10.5. The molecule has 1 aromatic heterocycles. The van der Waals surface area contributed by atoms with Crippen LogP contribution in [0.4, 0.5) is 16.6 Å². The molecule has 2 N–H and O–H groups in total. The molecule has 0 bridgehead atoms.